The average molecular weight is 472 g/mol. The van der Waals surface area contributed by atoms with Crippen LogP contribution in [0.25, 0.3) is 11.3 Å². The van der Waals surface area contributed by atoms with Gasteiger partial charge < -0.3 is 4.74 Å². The number of anilines is 1. The fraction of sp³-hybridized carbons (Fsp3) is 0.0435. The van der Waals surface area contributed by atoms with Crippen molar-refractivity contribution in [3.63, 3.8) is 0 Å². The molecule has 0 fully saturated rings. The molecule has 0 unspecified atom stereocenters. The summed E-state index contributed by atoms with van der Waals surface area (Å²) in [6.45, 7) is 0.172. The molecule has 0 bridgehead atoms. The standard InChI is InChI=1S/C23H16Cl2FN3OS/c24-17-7-10-19(20(25)11-17)22-14-31-23(28-22)29-27-12-15-5-8-18(9-6-15)30-13-16-3-1-2-4-21(16)26/h1-12,14H,13H2,(H,28,29)/b27-12-. The van der Waals surface area contributed by atoms with E-state index in [9.17, 15) is 4.39 Å². The highest BCUT2D eigenvalue weighted by molar-refractivity contribution is 7.14. The zero-order valence-corrected chi connectivity index (χ0v) is 18.4. The lowest BCUT2D eigenvalue weighted by Crippen LogP contribution is -1.98. The van der Waals surface area contributed by atoms with E-state index in [0.29, 0.717) is 26.5 Å². The molecular weight excluding hydrogens is 456 g/mol. The molecule has 4 aromatic rings. The monoisotopic (exact) mass is 471 g/mol. The van der Waals surface area contributed by atoms with E-state index in [2.05, 4.69) is 15.5 Å². The number of hydrogen-bond acceptors (Lipinski definition) is 5. The highest BCUT2D eigenvalue weighted by Gasteiger charge is 2.08. The van der Waals surface area contributed by atoms with E-state index in [4.69, 9.17) is 27.9 Å². The van der Waals surface area contributed by atoms with Crippen molar-refractivity contribution >= 4 is 45.9 Å². The Morgan fingerprint density at radius 1 is 1.06 bits per heavy atom. The van der Waals surface area contributed by atoms with Gasteiger partial charge in [-0.15, -0.1) is 11.3 Å². The predicted octanol–water partition coefficient (Wildman–Crippen LogP) is 7.28. The van der Waals surface area contributed by atoms with Gasteiger partial charge in [-0.25, -0.2) is 9.37 Å². The van der Waals surface area contributed by atoms with E-state index in [1.165, 1.54) is 17.4 Å². The van der Waals surface area contributed by atoms with E-state index in [1.807, 2.05) is 35.7 Å². The van der Waals surface area contributed by atoms with Gasteiger partial charge in [0.05, 0.1) is 16.9 Å². The maximum atomic E-state index is 13.6. The minimum atomic E-state index is -0.277. The van der Waals surface area contributed by atoms with Crippen LogP contribution in [-0.4, -0.2) is 11.2 Å². The van der Waals surface area contributed by atoms with E-state index in [0.717, 1.165) is 16.8 Å². The Bertz CT molecular complexity index is 1210. The van der Waals surface area contributed by atoms with Crippen molar-refractivity contribution in [2.75, 3.05) is 5.43 Å². The van der Waals surface area contributed by atoms with Crippen molar-refractivity contribution in [3.8, 4) is 17.0 Å². The molecule has 31 heavy (non-hydrogen) atoms. The SMILES string of the molecule is Fc1ccccc1COc1ccc(/C=N\Nc2nc(-c3ccc(Cl)cc3Cl)cs2)cc1. The fourth-order valence-corrected chi connectivity index (χ4v) is 3.90. The van der Waals surface area contributed by atoms with E-state index in [1.54, 1.807) is 36.5 Å². The molecule has 4 rings (SSSR count). The molecule has 0 atom stereocenters. The molecule has 8 heteroatoms. The summed E-state index contributed by atoms with van der Waals surface area (Å²) in [6.07, 6.45) is 1.68. The van der Waals surface area contributed by atoms with Crippen molar-refractivity contribution in [2.45, 2.75) is 6.61 Å². The van der Waals surface area contributed by atoms with Crippen LogP contribution in [0.4, 0.5) is 9.52 Å². The molecule has 0 saturated heterocycles. The summed E-state index contributed by atoms with van der Waals surface area (Å²) < 4.78 is 19.3. The largest absolute Gasteiger partial charge is 0.489 e. The molecule has 0 aliphatic carbocycles. The fourth-order valence-electron chi connectivity index (χ4n) is 2.73. The molecule has 0 aliphatic rings. The summed E-state index contributed by atoms with van der Waals surface area (Å²) in [5, 5.41) is 7.88. The molecule has 1 N–H and O–H groups in total. The van der Waals surface area contributed by atoms with Crippen molar-refractivity contribution < 1.29 is 9.13 Å². The molecule has 0 spiro atoms. The number of thiazole rings is 1. The Labute approximate surface area is 192 Å². The first-order valence-electron chi connectivity index (χ1n) is 9.25. The lowest BCUT2D eigenvalue weighted by molar-refractivity contribution is 0.300. The first-order chi connectivity index (χ1) is 15.1. The predicted molar refractivity (Wildman–Crippen MR) is 126 cm³/mol. The van der Waals surface area contributed by atoms with Crippen molar-refractivity contribution in [1.82, 2.24) is 4.98 Å². The maximum Gasteiger partial charge on any atom is 0.203 e. The van der Waals surface area contributed by atoms with Crippen LogP contribution in [0.1, 0.15) is 11.1 Å². The van der Waals surface area contributed by atoms with Crippen molar-refractivity contribution in [1.29, 1.82) is 0 Å². The zero-order valence-electron chi connectivity index (χ0n) is 16.1. The smallest absolute Gasteiger partial charge is 0.203 e. The second kappa shape index (κ2) is 9.92. The van der Waals surface area contributed by atoms with Gasteiger partial charge in [-0.3, -0.25) is 5.43 Å². The van der Waals surface area contributed by atoms with Gasteiger partial charge in [-0.2, -0.15) is 5.10 Å². The van der Waals surface area contributed by atoms with Crippen LogP contribution in [0.2, 0.25) is 10.0 Å². The van der Waals surface area contributed by atoms with Crippen molar-refractivity contribution in [3.05, 3.63) is 99.1 Å². The molecule has 0 radical (unpaired) electrons. The van der Waals surface area contributed by atoms with Crippen LogP contribution in [0.15, 0.2) is 77.2 Å². The molecule has 1 heterocycles. The molecule has 3 aromatic carbocycles. The van der Waals surface area contributed by atoms with Gasteiger partial charge in [0, 0.05) is 21.5 Å². The second-order valence-electron chi connectivity index (χ2n) is 6.48. The summed E-state index contributed by atoms with van der Waals surface area (Å²) in [5.74, 6) is 0.374. The highest BCUT2D eigenvalue weighted by atomic mass is 35.5. The minimum Gasteiger partial charge on any atom is -0.489 e. The van der Waals surface area contributed by atoms with Gasteiger partial charge in [0.15, 0.2) is 0 Å². The van der Waals surface area contributed by atoms with Gasteiger partial charge >= 0.3 is 0 Å². The number of nitrogens with one attached hydrogen (secondary N) is 1. The molecule has 156 valence electrons. The van der Waals surface area contributed by atoms with Gasteiger partial charge in [-0.1, -0.05) is 41.4 Å². The quantitative estimate of drug-likeness (QED) is 0.227. The summed E-state index contributed by atoms with van der Waals surface area (Å²) in [5.41, 5.74) is 5.87. The average Bonchev–Trinajstić information content (AvgIpc) is 3.23. The Morgan fingerprint density at radius 3 is 2.65 bits per heavy atom. The van der Waals surface area contributed by atoms with Crippen LogP contribution in [0, 0.1) is 5.82 Å². The van der Waals surface area contributed by atoms with Crippen molar-refractivity contribution in [2.24, 2.45) is 5.10 Å². The summed E-state index contributed by atoms with van der Waals surface area (Å²) in [6, 6.07) is 19.2. The normalized spacial score (nSPS) is 11.1. The molecule has 0 saturated carbocycles. The number of ether oxygens (including phenoxy) is 1. The van der Waals surface area contributed by atoms with E-state index >= 15 is 0 Å². The minimum absolute atomic E-state index is 0.172. The molecule has 4 nitrogen and oxygen atoms in total. The van der Waals surface area contributed by atoms with Gasteiger partial charge in [-0.05, 0) is 54.1 Å². The maximum absolute atomic E-state index is 13.6. The number of aromatic nitrogens is 1. The number of halogens is 3. The molecule has 0 aliphatic heterocycles. The Morgan fingerprint density at radius 2 is 1.87 bits per heavy atom. The number of nitrogens with zero attached hydrogens (tertiary/aromatic N) is 2. The molecular formula is C23H16Cl2FN3OS. The third-order valence-electron chi connectivity index (χ3n) is 4.32. The highest BCUT2D eigenvalue weighted by Crippen LogP contribution is 2.32. The first-order valence-corrected chi connectivity index (χ1v) is 10.9. The Balaban J connectivity index is 1.33. The third-order valence-corrected chi connectivity index (χ3v) is 5.61. The third kappa shape index (κ3) is 5.61. The summed E-state index contributed by atoms with van der Waals surface area (Å²) in [7, 11) is 0. The second-order valence-corrected chi connectivity index (χ2v) is 8.18. The Hall–Kier alpha value is -2.93. The first kappa shape index (κ1) is 21.3. The lowest BCUT2D eigenvalue weighted by Gasteiger charge is -2.07. The lowest BCUT2D eigenvalue weighted by atomic mass is 10.2. The topological polar surface area (TPSA) is 46.5 Å². The van der Waals surface area contributed by atoms with Crippen LogP contribution >= 0.6 is 34.5 Å². The van der Waals surface area contributed by atoms with Gasteiger partial charge in [0.1, 0.15) is 18.2 Å². The molecule has 1 aromatic heterocycles. The van der Waals surface area contributed by atoms with E-state index < -0.39 is 0 Å². The summed E-state index contributed by atoms with van der Waals surface area (Å²) in [4.78, 5) is 4.49. The van der Waals surface area contributed by atoms with Gasteiger partial charge in [0.2, 0.25) is 5.13 Å². The zero-order chi connectivity index (χ0) is 21.6. The van der Waals surface area contributed by atoms with Gasteiger partial charge in [0.25, 0.3) is 0 Å². The number of hydrogen-bond donors (Lipinski definition) is 1. The Kier molecular flexibility index (Phi) is 6.82. The number of rotatable bonds is 7. The van der Waals surface area contributed by atoms with Crippen LogP contribution in [-0.2, 0) is 6.61 Å². The van der Waals surface area contributed by atoms with Crippen LogP contribution in [0.5, 0.6) is 5.75 Å². The number of hydrazone groups is 1. The van der Waals surface area contributed by atoms with E-state index in [-0.39, 0.29) is 12.4 Å². The number of benzene rings is 3. The molecule has 0 amide bonds. The van der Waals surface area contributed by atoms with Crippen LogP contribution in [0.3, 0.4) is 0 Å². The van der Waals surface area contributed by atoms with Crippen LogP contribution < -0.4 is 10.2 Å². The summed E-state index contributed by atoms with van der Waals surface area (Å²) >= 11 is 13.6.